The van der Waals surface area contributed by atoms with Crippen LogP contribution in [0, 0.1) is 5.41 Å². The Kier molecular flexibility index (Phi) is 4.39. The average molecular weight is 270 g/mol. The molecular weight excluding hydrogens is 240 g/mol. The zero-order valence-corrected chi connectivity index (χ0v) is 14.4. The Labute approximate surface area is 114 Å². The highest BCUT2D eigenvalue weighted by Gasteiger charge is 2.46. The molecule has 106 valence electrons. The number of allylic oxidation sites excluding steroid dienone is 1. The van der Waals surface area contributed by atoms with Crippen molar-refractivity contribution in [3.05, 3.63) is 11.8 Å². The van der Waals surface area contributed by atoms with Gasteiger partial charge in [0.25, 0.3) is 0 Å². The third kappa shape index (κ3) is 4.13. The van der Waals surface area contributed by atoms with E-state index in [-0.39, 0.29) is 17.1 Å². The summed E-state index contributed by atoms with van der Waals surface area (Å²) in [5.74, 6) is 0. The lowest BCUT2D eigenvalue weighted by Crippen LogP contribution is -2.54. The van der Waals surface area contributed by atoms with E-state index < -0.39 is 8.32 Å². The summed E-state index contributed by atoms with van der Waals surface area (Å²) in [7, 11) is -1.58. The fourth-order valence-electron chi connectivity index (χ4n) is 2.56. The molecule has 1 aliphatic heterocycles. The lowest BCUT2D eigenvalue weighted by atomic mass is 9.76. The van der Waals surface area contributed by atoms with Crippen molar-refractivity contribution < 1.29 is 9.16 Å². The van der Waals surface area contributed by atoms with Crippen molar-refractivity contribution in [2.75, 3.05) is 0 Å². The normalized spacial score (nSPS) is 27.4. The Morgan fingerprint density at radius 3 is 2.22 bits per heavy atom. The third-order valence-corrected chi connectivity index (χ3v) is 4.30. The highest BCUT2D eigenvalue weighted by molar-refractivity contribution is 6.69. The molecule has 0 spiro atoms. The highest BCUT2D eigenvalue weighted by atomic mass is 28.4. The average Bonchev–Trinajstić information content (AvgIpc) is 2.17. The second kappa shape index (κ2) is 5.01. The van der Waals surface area contributed by atoms with Crippen LogP contribution >= 0.6 is 0 Å². The van der Waals surface area contributed by atoms with Crippen LogP contribution in [0.3, 0.4) is 0 Å². The SMILES string of the molecule is CC1=CO[C@](C)(C(O[Si](C)(C)C)C(C)(C)C)CC1. The molecule has 0 aromatic carbocycles. The van der Waals surface area contributed by atoms with E-state index in [4.69, 9.17) is 9.16 Å². The first kappa shape index (κ1) is 15.8. The van der Waals surface area contributed by atoms with Crippen LogP contribution in [0.4, 0.5) is 0 Å². The molecule has 2 atom stereocenters. The van der Waals surface area contributed by atoms with Gasteiger partial charge in [0.15, 0.2) is 8.32 Å². The lowest BCUT2D eigenvalue weighted by molar-refractivity contribution is -0.116. The molecule has 0 fully saturated rings. The molecule has 0 aromatic heterocycles. The monoisotopic (exact) mass is 270 g/mol. The zero-order valence-electron chi connectivity index (χ0n) is 13.4. The summed E-state index contributed by atoms with van der Waals surface area (Å²) in [5, 5.41) is 0. The second-order valence-corrected chi connectivity index (χ2v) is 12.3. The molecular formula is C15H30O2Si. The maximum absolute atomic E-state index is 6.46. The molecule has 1 aliphatic rings. The van der Waals surface area contributed by atoms with Crippen LogP contribution in [-0.2, 0) is 9.16 Å². The summed E-state index contributed by atoms with van der Waals surface area (Å²) in [5.41, 5.74) is 1.22. The van der Waals surface area contributed by atoms with Crippen molar-refractivity contribution >= 4 is 8.32 Å². The van der Waals surface area contributed by atoms with E-state index in [0.29, 0.717) is 0 Å². The van der Waals surface area contributed by atoms with Gasteiger partial charge < -0.3 is 9.16 Å². The van der Waals surface area contributed by atoms with Gasteiger partial charge in [0, 0.05) is 0 Å². The summed E-state index contributed by atoms with van der Waals surface area (Å²) in [6, 6.07) is 0. The molecule has 0 aliphatic carbocycles. The fraction of sp³-hybridized carbons (Fsp3) is 0.867. The number of rotatable bonds is 3. The van der Waals surface area contributed by atoms with Crippen molar-refractivity contribution in [3.8, 4) is 0 Å². The predicted octanol–water partition coefficient (Wildman–Crippen LogP) is 4.73. The molecule has 1 heterocycles. The quantitative estimate of drug-likeness (QED) is 0.691. The van der Waals surface area contributed by atoms with Crippen molar-refractivity contribution in [1.82, 2.24) is 0 Å². The van der Waals surface area contributed by atoms with Crippen LogP contribution in [0.1, 0.15) is 47.5 Å². The Morgan fingerprint density at radius 1 is 1.33 bits per heavy atom. The molecule has 18 heavy (non-hydrogen) atoms. The molecule has 3 heteroatoms. The van der Waals surface area contributed by atoms with Crippen molar-refractivity contribution in [2.45, 2.75) is 78.8 Å². The Balaban J connectivity index is 2.97. The fourth-order valence-corrected chi connectivity index (χ4v) is 3.87. The molecule has 2 nitrogen and oxygen atoms in total. The molecule has 1 unspecified atom stereocenters. The van der Waals surface area contributed by atoms with E-state index in [9.17, 15) is 0 Å². The molecule has 0 aromatic rings. The van der Waals surface area contributed by atoms with Gasteiger partial charge in [-0.05, 0) is 57.3 Å². The number of hydrogen-bond acceptors (Lipinski definition) is 2. The van der Waals surface area contributed by atoms with E-state index in [1.54, 1.807) is 0 Å². The minimum Gasteiger partial charge on any atom is -0.493 e. The van der Waals surface area contributed by atoms with Crippen molar-refractivity contribution in [2.24, 2.45) is 5.41 Å². The van der Waals surface area contributed by atoms with E-state index in [0.717, 1.165) is 12.8 Å². The zero-order chi connectivity index (χ0) is 14.2. The number of hydrogen-bond donors (Lipinski definition) is 0. The topological polar surface area (TPSA) is 18.5 Å². The first-order chi connectivity index (χ1) is 7.94. The van der Waals surface area contributed by atoms with Gasteiger partial charge in [0.05, 0.1) is 12.4 Å². The molecule has 0 radical (unpaired) electrons. The Bertz CT molecular complexity index is 322. The summed E-state index contributed by atoms with van der Waals surface area (Å²) >= 11 is 0. The summed E-state index contributed by atoms with van der Waals surface area (Å²) in [4.78, 5) is 0. The van der Waals surface area contributed by atoms with Crippen LogP contribution < -0.4 is 0 Å². The minimum absolute atomic E-state index is 0.0914. The van der Waals surface area contributed by atoms with E-state index >= 15 is 0 Å². The predicted molar refractivity (Wildman–Crippen MR) is 80.2 cm³/mol. The minimum atomic E-state index is -1.58. The molecule has 0 saturated heterocycles. The van der Waals surface area contributed by atoms with Crippen LogP contribution in [-0.4, -0.2) is 20.0 Å². The van der Waals surface area contributed by atoms with Crippen LogP contribution in [0.25, 0.3) is 0 Å². The van der Waals surface area contributed by atoms with Gasteiger partial charge >= 0.3 is 0 Å². The van der Waals surface area contributed by atoms with Crippen molar-refractivity contribution in [3.63, 3.8) is 0 Å². The van der Waals surface area contributed by atoms with Gasteiger partial charge in [0.1, 0.15) is 5.60 Å². The first-order valence-electron chi connectivity index (χ1n) is 6.95. The van der Waals surface area contributed by atoms with Gasteiger partial charge in [-0.15, -0.1) is 0 Å². The number of ether oxygens (including phenoxy) is 1. The van der Waals surface area contributed by atoms with E-state index in [2.05, 4.69) is 54.3 Å². The largest absolute Gasteiger partial charge is 0.493 e. The Morgan fingerprint density at radius 2 is 1.89 bits per heavy atom. The Hall–Kier alpha value is -0.283. The second-order valence-electron chi connectivity index (χ2n) is 7.87. The smallest absolute Gasteiger partial charge is 0.184 e. The maximum atomic E-state index is 6.46. The summed E-state index contributed by atoms with van der Waals surface area (Å²) in [6.45, 7) is 17.8. The van der Waals surface area contributed by atoms with Crippen molar-refractivity contribution in [1.29, 1.82) is 0 Å². The van der Waals surface area contributed by atoms with E-state index in [1.165, 1.54) is 5.57 Å². The standard InChI is InChI=1S/C15H30O2Si/c1-12-9-10-15(5,16-11-12)13(14(2,3)4)17-18(6,7)8/h11,13H,9-10H2,1-8H3/t13?,15-/m0/s1. The molecule has 0 N–H and O–H groups in total. The van der Waals surface area contributed by atoms with Gasteiger partial charge in [-0.2, -0.15) is 0 Å². The lowest BCUT2D eigenvalue weighted by Gasteiger charge is -2.48. The van der Waals surface area contributed by atoms with Crippen LogP contribution in [0.15, 0.2) is 11.8 Å². The van der Waals surface area contributed by atoms with Gasteiger partial charge in [-0.1, -0.05) is 20.8 Å². The van der Waals surface area contributed by atoms with Crippen LogP contribution in [0.5, 0.6) is 0 Å². The molecule has 1 rings (SSSR count). The molecule has 0 amide bonds. The molecule has 0 saturated carbocycles. The first-order valence-corrected chi connectivity index (χ1v) is 10.4. The van der Waals surface area contributed by atoms with Gasteiger partial charge in [-0.25, -0.2) is 0 Å². The van der Waals surface area contributed by atoms with E-state index in [1.807, 2.05) is 6.26 Å². The van der Waals surface area contributed by atoms with Crippen LogP contribution in [0.2, 0.25) is 19.6 Å². The molecule has 0 bridgehead atoms. The highest BCUT2D eigenvalue weighted by Crippen LogP contribution is 2.40. The third-order valence-electron chi connectivity index (χ3n) is 3.36. The summed E-state index contributed by atoms with van der Waals surface area (Å²) < 4.78 is 12.5. The van der Waals surface area contributed by atoms with Gasteiger partial charge in [-0.3, -0.25) is 0 Å². The summed E-state index contributed by atoms with van der Waals surface area (Å²) in [6.07, 6.45) is 4.22. The van der Waals surface area contributed by atoms with Gasteiger partial charge in [0.2, 0.25) is 0 Å². The maximum Gasteiger partial charge on any atom is 0.184 e.